The Morgan fingerprint density at radius 2 is 1.96 bits per heavy atom. The molecule has 0 radical (unpaired) electrons. The van der Waals surface area contributed by atoms with Gasteiger partial charge in [0, 0.05) is 24.6 Å². The van der Waals surface area contributed by atoms with E-state index >= 15 is 0 Å². The number of rotatable bonds is 7. The third kappa shape index (κ3) is 4.50. The summed E-state index contributed by atoms with van der Waals surface area (Å²) in [6.45, 7) is 0.610. The molecule has 0 atom stereocenters. The Morgan fingerprint density at radius 3 is 2.68 bits per heavy atom. The quantitative estimate of drug-likeness (QED) is 0.448. The van der Waals surface area contributed by atoms with Crippen LogP contribution in [0.4, 0.5) is 23.0 Å². The van der Waals surface area contributed by atoms with Crippen LogP contribution in [0.1, 0.15) is 32.1 Å². The lowest BCUT2D eigenvalue weighted by molar-refractivity contribution is -0.383. The minimum Gasteiger partial charge on any atom is -0.364 e. The predicted molar refractivity (Wildman–Crippen MR) is 95.9 cm³/mol. The monoisotopic (exact) mass is 340 g/mol. The molecule has 8 nitrogen and oxygen atoms in total. The molecule has 0 bridgehead atoms. The number of anilines is 3. The summed E-state index contributed by atoms with van der Waals surface area (Å²) in [5.74, 6) is 0.388. The van der Waals surface area contributed by atoms with E-state index < -0.39 is 4.92 Å². The molecule has 2 aromatic heterocycles. The molecule has 25 heavy (non-hydrogen) atoms. The smallest absolute Gasteiger partial charge is 0.353 e. The molecule has 0 amide bonds. The van der Waals surface area contributed by atoms with Gasteiger partial charge in [-0.2, -0.15) is 0 Å². The number of nitrogens with zero attached hydrogens (tertiary/aromatic N) is 4. The first-order valence-electron chi connectivity index (χ1n) is 8.32. The van der Waals surface area contributed by atoms with Crippen molar-refractivity contribution in [3.8, 4) is 0 Å². The van der Waals surface area contributed by atoms with Crippen LogP contribution in [0.5, 0.6) is 0 Å². The Kier molecular flexibility index (Phi) is 5.50. The second-order valence-electron chi connectivity index (χ2n) is 5.82. The van der Waals surface area contributed by atoms with E-state index in [1.54, 1.807) is 24.5 Å². The van der Waals surface area contributed by atoms with Crippen molar-refractivity contribution in [3.05, 3.63) is 52.6 Å². The fraction of sp³-hybridized carbons (Fsp3) is 0.353. The van der Waals surface area contributed by atoms with Crippen LogP contribution in [-0.2, 0) is 0 Å². The van der Waals surface area contributed by atoms with E-state index in [0.29, 0.717) is 12.2 Å². The molecule has 2 heterocycles. The second kappa shape index (κ2) is 8.18. The average molecular weight is 340 g/mol. The summed E-state index contributed by atoms with van der Waals surface area (Å²) in [6.07, 6.45) is 12.4. The van der Waals surface area contributed by atoms with E-state index in [1.165, 1.54) is 24.7 Å². The van der Waals surface area contributed by atoms with Crippen molar-refractivity contribution in [2.24, 2.45) is 0 Å². The molecule has 0 aromatic carbocycles. The van der Waals surface area contributed by atoms with Gasteiger partial charge in [-0.3, -0.25) is 15.1 Å². The third-order valence-corrected chi connectivity index (χ3v) is 4.07. The largest absolute Gasteiger partial charge is 0.364 e. The maximum Gasteiger partial charge on any atom is 0.353 e. The molecule has 2 N–H and O–H groups in total. The van der Waals surface area contributed by atoms with E-state index in [2.05, 4.69) is 31.7 Å². The van der Waals surface area contributed by atoms with Gasteiger partial charge in [-0.25, -0.2) is 9.97 Å². The Hall–Kier alpha value is -3.03. The molecule has 1 aliphatic carbocycles. The third-order valence-electron chi connectivity index (χ3n) is 4.07. The average Bonchev–Trinajstić information content (AvgIpc) is 2.63. The van der Waals surface area contributed by atoms with Crippen molar-refractivity contribution in [1.29, 1.82) is 0 Å². The Bertz CT molecular complexity index is 763. The first kappa shape index (κ1) is 16.8. The zero-order chi connectivity index (χ0) is 17.5. The fourth-order valence-corrected chi connectivity index (χ4v) is 2.82. The molecule has 0 fully saturated rings. The maximum absolute atomic E-state index is 11.5. The highest BCUT2D eigenvalue weighted by molar-refractivity contribution is 5.73. The fourth-order valence-electron chi connectivity index (χ4n) is 2.82. The first-order chi connectivity index (χ1) is 12.2. The van der Waals surface area contributed by atoms with Gasteiger partial charge >= 0.3 is 5.69 Å². The van der Waals surface area contributed by atoms with Crippen LogP contribution in [0.3, 0.4) is 0 Å². The van der Waals surface area contributed by atoms with Crippen molar-refractivity contribution in [3.63, 3.8) is 0 Å². The number of nitrogens with one attached hydrogen (secondary N) is 2. The van der Waals surface area contributed by atoms with Gasteiger partial charge < -0.3 is 10.6 Å². The molecule has 0 saturated heterocycles. The molecule has 0 unspecified atom stereocenters. The molecule has 2 aromatic rings. The van der Waals surface area contributed by atoms with Gasteiger partial charge in [0.1, 0.15) is 6.33 Å². The van der Waals surface area contributed by atoms with Gasteiger partial charge in [-0.1, -0.05) is 11.6 Å². The Morgan fingerprint density at radius 1 is 1.16 bits per heavy atom. The van der Waals surface area contributed by atoms with E-state index in [0.717, 1.165) is 19.3 Å². The summed E-state index contributed by atoms with van der Waals surface area (Å²) in [4.78, 5) is 23.0. The molecule has 3 rings (SSSR count). The lowest BCUT2D eigenvalue weighted by Crippen LogP contribution is -2.10. The van der Waals surface area contributed by atoms with Crippen LogP contribution in [0.15, 0.2) is 42.5 Å². The van der Waals surface area contributed by atoms with Gasteiger partial charge in [-0.15, -0.1) is 0 Å². The molecule has 8 heteroatoms. The summed E-state index contributed by atoms with van der Waals surface area (Å²) in [5, 5.41) is 17.6. The lowest BCUT2D eigenvalue weighted by Gasteiger charge is -2.13. The van der Waals surface area contributed by atoms with Crippen molar-refractivity contribution in [2.75, 3.05) is 17.2 Å². The Labute approximate surface area is 145 Å². The number of hydrogen-bond donors (Lipinski definition) is 2. The second-order valence-corrected chi connectivity index (χ2v) is 5.82. The minimum absolute atomic E-state index is 0.156. The van der Waals surface area contributed by atoms with Gasteiger partial charge in [0.15, 0.2) is 0 Å². The number of allylic oxidation sites excluding steroid dienone is 1. The van der Waals surface area contributed by atoms with Crippen LogP contribution < -0.4 is 10.6 Å². The first-order valence-corrected chi connectivity index (χ1v) is 8.32. The molecular weight excluding hydrogens is 320 g/mol. The molecule has 130 valence electrons. The van der Waals surface area contributed by atoms with Gasteiger partial charge in [0.05, 0.1) is 4.92 Å². The van der Waals surface area contributed by atoms with E-state index in [1.807, 2.05) is 0 Å². The molecule has 0 aliphatic heterocycles. The molecule has 0 spiro atoms. The van der Waals surface area contributed by atoms with Gasteiger partial charge in [-0.05, 0) is 44.2 Å². The van der Waals surface area contributed by atoms with E-state index in [9.17, 15) is 10.1 Å². The summed E-state index contributed by atoms with van der Waals surface area (Å²) >= 11 is 0. The number of nitro groups is 1. The predicted octanol–water partition coefficient (Wildman–Crippen LogP) is 3.83. The molecule has 1 aliphatic rings. The van der Waals surface area contributed by atoms with Crippen LogP contribution >= 0.6 is 0 Å². The van der Waals surface area contributed by atoms with Crippen LogP contribution in [0, 0.1) is 10.1 Å². The summed E-state index contributed by atoms with van der Waals surface area (Å²) < 4.78 is 0. The highest BCUT2D eigenvalue weighted by Gasteiger charge is 2.23. The molecular formula is C17H20N6O2. The van der Waals surface area contributed by atoms with E-state index in [-0.39, 0.29) is 17.3 Å². The topological polar surface area (TPSA) is 106 Å². The summed E-state index contributed by atoms with van der Waals surface area (Å²) in [5.41, 5.74) is 1.93. The SMILES string of the molecule is O=[N+]([O-])c1c(NCCC2=CCCCC2)ncnc1Nc1ccncc1. The highest BCUT2D eigenvalue weighted by Crippen LogP contribution is 2.31. The standard InChI is InChI=1S/C17H20N6O2/c24-23(25)15-16(19-11-6-13-4-2-1-3-5-13)20-12-21-17(15)22-14-7-9-18-10-8-14/h4,7-10,12H,1-3,5-6,11H2,(H2,18,19,20,21,22). The number of aromatic nitrogens is 3. The summed E-state index contributed by atoms with van der Waals surface area (Å²) in [6, 6.07) is 3.43. The normalized spacial score (nSPS) is 13.8. The number of pyridine rings is 1. The van der Waals surface area contributed by atoms with Crippen molar-refractivity contribution in [2.45, 2.75) is 32.1 Å². The van der Waals surface area contributed by atoms with Crippen LogP contribution in [0.2, 0.25) is 0 Å². The van der Waals surface area contributed by atoms with Crippen molar-refractivity contribution >= 4 is 23.0 Å². The lowest BCUT2D eigenvalue weighted by atomic mass is 9.97. The van der Waals surface area contributed by atoms with Crippen molar-refractivity contribution < 1.29 is 4.92 Å². The van der Waals surface area contributed by atoms with Gasteiger partial charge in [0.2, 0.25) is 11.6 Å². The maximum atomic E-state index is 11.5. The van der Waals surface area contributed by atoms with Gasteiger partial charge in [0.25, 0.3) is 0 Å². The van der Waals surface area contributed by atoms with E-state index in [4.69, 9.17) is 0 Å². The number of hydrogen-bond acceptors (Lipinski definition) is 7. The minimum atomic E-state index is -0.467. The zero-order valence-corrected chi connectivity index (χ0v) is 13.8. The van der Waals surface area contributed by atoms with Crippen molar-refractivity contribution in [1.82, 2.24) is 15.0 Å². The van der Waals surface area contributed by atoms with Crippen LogP contribution in [-0.4, -0.2) is 26.4 Å². The molecule has 0 saturated carbocycles. The summed E-state index contributed by atoms with van der Waals surface area (Å²) in [7, 11) is 0. The van der Waals surface area contributed by atoms with Crippen LogP contribution in [0.25, 0.3) is 0 Å². The zero-order valence-electron chi connectivity index (χ0n) is 13.8. The highest BCUT2D eigenvalue weighted by atomic mass is 16.6. The Balaban J connectivity index is 1.73.